The highest BCUT2D eigenvalue weighted by Gasteiger charge is 2.04. The highest BCUT2D eigenvalue weighted by molar-refractivity contribution is 5.78. The molecule has 0 aliphatic carbocycles. The summed E-state index contributed by atoms with van der Waals surface area (Å²) in [5.74, 6) is -0.212. The fourth-order valence-electron chi connectivity index (χ4n) is 2.48. The Hall–Kier alpha value is -2.42. The molecule has 2 heterocycles. The number of fused-ring (bicyclic) bond motifs is 2. The van der Waals surface area contributed by atoms with Crippen LogP contribution in [0.25, 0.3) is 10.9 Å². The number of hydrogen-bond acceptors (Lipinski definition) is 2. The fourth-order valence-corrected chi connectivity index (χ4v) is 2.48. The van der Waals surface area contributed by atoms with Crippen LogP contribution in [-0.2, 0) is 6.42 Å². The summed E-state index contributed by atoms with van der Waals surface area (Å²) in [7, 11) is 0. The number of aryl methyl sites for hydroxylation is 1. The van der Waals surface area contributed by atoms with Crippen LogP contribution in [0.5, 0.6) is 0 Å². The van der Waals surface area contributed by atoms with Gasteiger partial charge in [0, 0.05) is 23.8 Å². The van der Waals surface area contributed by atoms with Gasteiger partial charge < -0.3 is 5.32 Å². The third-order valence-electron chi connectivity index (χ3n) is 3.55. The highest BCUT2D eigenvalue weighted by Crippen LogP contribution is 2.20. The molecule has 0 spiro atoms. The van der Waals surface area contributed by atoms with E-state index in [-0.39, 0.29) is 5.82 Å². The first-order valence-corrected chi connectivity index (χ1v) is 7.15. The normalized spacial score (nSPS) is 12.8. The van der Waals surface area contributed by atoms with E-state index in [1.807, 2.05) is 0 Å². The number of benzene rings is 2. The number of aromatic nitrogens is 1. The van der Waals surface area contributed by atoms with Crippen LogP contribution in [-0.4, -0.2) is 11.5 Å². The molecule has 1 aliphatic heterocycles. The lowest BCUT2D eigenvalue weighted by Gasteiger charge is -2.16. The molecule has 21 heavy (non-hydrogen) atoms. The van der Waals surface area contributed by atoms with Gasteiger partial charge in [-0.15, -0.1) is 0 Å². The van der Waals surface area contributed by atoms with Crippen LogP contribution >= 0.6 is 0 Å². The largest absolute Gasteiger partial charge is 0.385 e. The van der Waals surface area contributed by atoms with E-state index < -0.39 is 0 Å². The predicted molar refractivity (Wildman–Crippen MR) is 85.0 cm³/mol. The highest BCUT2D eigenvalue weighted by atomic mass is 19.1. The summed E-state index contributed by atoms with van der Waals surface area (Å²) >= 11 is 0. The van der Waals surface area contributed by atoms with E-state index in [9.17, 15) is 4.39 Å². The number of hydrogen-bond donors (Lipinski definition) is 1. The number of para-hydroxylation sites is 1. The van der Waals surface area contributed by atoms with Crippen molar-refractivity contribution in [2.75, 3.05) is 11.9 Å². The molecule has 0 fully saturated rings. The Kier molecular flexibility index (Phi) is 4.10. The molecule has 4 rings (SSSR count). The molecule has 1 N–H and O–H groups in total. The zero-order valence-corrected chi connectivity index (χ0v) is 11.7. The zero-order chi connectivity index (χ0) is 14.5. The van der Waals surface area contributed by atoms with E-state index in [1.54, 1.807) is 30.5 Å². The van der Waals surface area contributed by atoms with Gasteiger partial charge in [0.15, 0.2) is 0 Å². The molecule has 0 amide bonds. The molecular weight excluding hydrogens is 263 g/mol. The summed E-state index contributed by atoms with van der Waals surface area (Å²) in [6, 6.07) is 16.9. The Bertz CT molecular complexity index is 710. The first-order valence-electron chi connectivity index (χ1n) is 7.15. The number of halogens is 1. The minimum absolute atomic E-state index is 0.212. The van der Waals surface area contributed by atoms with Gasteiger partial charge >= 0.3 is 0 Å². The smallest absolute Gasteiger partial charge is 0.132 e. The van der Waals surface area contributed by atoms with Crippen LogP contribution in [0.1, 0.15) is 12.0 Å². The van der Waals surface area contributed by atoms with E-state index in [1.165, 1.54) is 30.2 Å². The van der Waals surface area contributed by atoms with Crippen molar-refractivity contribution in [2.45, 2.75) is 12.8 Å². The lowest BCUT2D eigenvalue weighted by atomic mass is 10.0. The first-order chi connectivity index (χ1) is 10.3. The molecule has 0 atom stereocenters. The number of rotatable bonds is 0. The number of pyridine rings is 1. The lowest BCUT2D eigenvalue weighted by Crippen LogP contribution is -2.10. The molecule has 106 valence electrons. The number of anilines is 1. The Balaban J connectivity index is 0.000000126. The lowest BCUT2D eigenvalue weighted by molar-refractivity contribution is 0.639. The van der Waals surface area contributed by atoms with Gasteiger partial charge in [-0.05, 0) is 48.7 Å². The van der Waals surface area contributed by atoms with Crippen LogP contribution in [0, 0.1) is 5.82 Å². The molecule has 3 heteroatoms. The van der Waals surface area contributed by atoms with Crippen molar-refractivity contribution in [2.24, 2.45) is 0 Å². The average Bonchev–Trinajstić information content (AvgIpc) is 2.56. The molecule has 0 bridgehead atoms. The molecule has 1 aromatic heterocycles. The van der Waals surface area contributed by atoms with Gasteiger partial charge in [-0.3, -0.25) is 4.98 Å². The second-order valence-corrected chi connectivity index (χ2v) is 5.00. The van der Waals surface area contributed by atoms with Crippen molar-refractivity contribution >= 4 is 16.6 Å². The average molecular weight is 280 g/mol. The topological polar surface area (TPSA) is 24.9 Å². The maximum absolute atomic E-state index is 12.9. The quantitative estimate of drug-likeness (QED) is 0.659. The molecular formula is C18H17FN2. The minimum Gasteiger partial charge on any atom is -0.385 e. The second kappa shape index (κ2) is 6.35. The van der Waals surface area contributed by atoms with E-state index >= 15 is 0 Å². The van der Waals surface area contributed by atoms with Crippen molar-refractivity contribution in [3.8, 4) is 0 Å². The molecule has 2 aromatic carbocycles. The van der Waals surface area contributed by atoms with E-state index in [0.717, 1.165) is 6.54 Å². The molecule has 1 aliphatic rings. The van der Waals surface area contributed by atoms with Crippen LogP contribution < -0.4 is 5.32 Å². The van der Waals surface area contributed by atoms with Gasteiger partial charge in [0.1, 0.15) is 5.82 Å². The molecule has 0 radical (unpaired) electrons. The number of nitrogens with one attached hydrogen (secondary N) is 1. The van der Waals surface area contributed by atoms with Crippen LogP contribution in [0.15, 0.2) is 60.8 Å². The molecule has 0 unspecified atom stereocenters. The van der Waals surface area contributed by atoms with Gasteiger partial charge in [-0.2, -0.15) is 0 Å². The van der Waals surface area contributed by atoms with E-state index in [4.69, 9.17) is 0 Å². The van der Waals surface area contributed by atoms with Crippen molar-refractivity contribution < 1.29 is 4.39 Å². The summed E-state index contributed by atoms with van der Waals surface area (Å²) in [5.41, 5.74) is 3.50. The van der Waals surface area contributed by atoms with Crippen molar-refractivity contribution in [1.29, 1.82) is 0 Å². The van der Waals surface area contributed by atoms with Crippen LogP contribution in [0.4, 0.5) is 10.1 Å². The van der Waals surface area contributed by atoms with Crippen molar-refractivity contribution in [3.05, 3.63) is 72.2 Å². The Morgan fingerprint density at radius 1 is 0.952 bits per heavy atom. The summed E-state index contributed by atoms with van der Waals surface area (Å²) < 4.78 is 12.9. The van der Waals surface area contributed by atoms with Gasteiger partial charge in [-0.1, -0.05) is 24.3 Å². The third-order valence-corrected chi connectivity index (χ3v) is 3.55. The molecule has 2 nitrogen and oxygen atoms in total. The molecule has 0 saturated heterocycles. The van der Waals surface area contributed by atoms with Gasteiger partial charge in [0.25, 0.3) is 0 Å². The van der Waals surface area contributed by atoms with Gasteiger partial charge in [0.2, 0.25) is 0 Å². The Morgan fingerprint density at radius 2 is 1.86 bits per heavy atom. The third kappa shape index (κ3) is 3.19. The summed E-state index contributed by atoms with van der Waals surface area (Å²) in [6.07, 6.45) is 4.17. The van der Waals surface area contributed by atoms with E-state index in [2.05, 4.69) is 34.6 Å². The molecule has 0 saturated carbocycles. The summed E-state index contributed by atoms with van der Waals surface area (Å²) in [6.45, 7) is 1.14. The maximum Gasteiger partial charge on any atom is 0.132 e. The summed E-state index contributed by atoms with van der Waals surface area (Å²) in [4.78, 5) is 4.00. The van der Waals surface area contributed by atoms with Gasteiger partial charge in [-0.25, -0.2) is 4.39 Å². The van der Waals surface area contributed by atoms with Crippen LogP contribution in [0.2, 0.25) is 0 Å². The second-order valence-electron chi connectivity index (χ2n) is 5.00. The minimum atomic E-state index is -0.212. The standard InChI is InChI=1S/C9H6FN.C9H11N/c10-8-4-1-5-9-7(8)3-2-6-11-9;1-2-6-9-8(4-1)5-3-7-10-9/h1-6H;1-2,4,6,10H,3,5,7H2. The van der Waals surface area contributed by atoms with E-state index in [0.29, 0.717) is 10.9 Å². The number of nitrogens with zero attached hydrogens (tertiary/aromatic N) is 1. The van der Waals surface area contributed by atoms with Crippen LogP contribution in [0.3, 0.4) is 0 Å². The Morgan fingerprint density at radius 3 is 2.71 bits per heavy atom. The maximum atomic E-state index is 12.9. The van der Waals surface area contributed by atoms with Crippen molar-refractivity contribution in [3.63, 3.8) is 0 Å². The first kappa shape index (κ1) is 13.6. The zero-order valence-electron chi connectivity index (χ0n) is 11.7. The van der Waals surface area contributed by atoms with Crippen molar-refractivity contribution in [1.82, 2.24) is 4.98 Å². The molecule has 3 aromatic rings. The Labute approximate surface area is 123 Å². The fraction of sp³-hybridized carbons (Fsp3) is 0.167. The SMILES string of the molecule is Fc1cccc2ncccc12.c1ccc2c(c1)CCCN2. The van der Waals surface area contributed by atoms with Gasteiger partial charge in [0.05, 0.1) is 5.52 Å². The monoisotopic (exact) mass is 280 g/mol. The predicted octanol–water partition coefficient (Wildman–Crippen LogP) is 4.42. The summed E-state index contributed by atoms with van der Waals surface area (Å²) in [5, 5.41) is 3.94.